The fourth-order valence-electron chi connectivity index (χ4n) is 2.76. The molecule has 80 valence electrons. The van der Waals surface area contributed by atoms with Gasteiger partial charge in [-0.25, -0.2) is 0 Å². The quantitative estimate of drug-likeness (QED) is 0.676. The van der Waals surface area contributed by atoms with E-state index in [1.807, 2.05) is 12.1 Å². The van der Waals surface area contributed by atoms with Gasteiger partial charge >= 0.3 is 0 Å². The van der Waals surface area contributed by atoms with Crippen LogP contribution in [0.25, 0.3) is 0 Å². The predicted molar refractivity (Wildman–Crippen MR) is 57.4 cm³/mol. The highest BCUT2D eigenvalue weighted by Gasteiger charge is 2.44. The molecule has 1 aromatic rings. The molecule has 1 saturated heterocycles. The third-order valence-electron chi connectivity index (χ3n) is 3.63. The van der Waals surface area contributed by atoms with Gasteiger partial charge < -0.3 is 15.2 Å². The summed E-state index contributed by atoms with van der Waals surface area (Å²) in [5.74, 6) is 1.72. The first-order valence-corrected chi connectivity index (χ1v) is 5.40. The molecular formula is C12H15NO2. The van der Waals surface area contributed by atoms with Gasteiger partial charge in [0.15, 0.2) is 0 Å². The fourth-order valence-corrected chi connectivity index (χ4v) is 2.76. The first-order valence-electron chi connectivity index (χ1n) is 5.40. The van der Waals surface area contributed by atoms with Gasteiger partial charge in [-0.2, -0.15) is 0 Å². The SMILES string of the molecule is C[C@@]12COc3ccc(O)cc3[C@@H]1CCN2. The maximum Gasteiger partial charge on any atom is 0.123 e. The summed E-state index contributed by atoms with van der Waals surface area (Å²) in [6.07, 6.45) is 1.12. The maximum atomic E-state index is 9.52. The summed E-state index contributed by atoms with van der Waals surface area (Å²) in [6.45, 7) is 3.94. The van der Waals surface area contributed by atoms with Crippen molar-refractivity contribution in [3.63, 3.8) is 0 Å². The van der Waals surface area contributed by atoms with Crippen LogP contribution in [0.2, 0.25) is 0 Å². The van der Waals surface area contributed by atoms with Crippen LogP contribution >= 0.6 is 0 Å². The Morgan fingerprint density at radius 1 is 1.53 bits per heavy atom. The fraction of sp³-hybridized carbons (Fsp3) is 0.500. The van der Waals surface area contributed by atoms with Gasteiger partial charge in [0.2, 0.25) is 0 Å². The summed E-state index contributed by atoms with van der Waals surface area (Å²) < 4.78 is 5.72. The van der Waals surface area contributed by atoms with Gasteiger partial charge in [0.25, 0.3) is 0 Å². The molecular weight excluding hydrogens is 190 g/mol. The van der Waals surface area contributed by atoms with Crippen LogP contribution in [0.15, 0.2) is 18.2 Å². The molecule has 15 heavy (non-hydrogen) atoms. The van der Waals surface area contributed by atoms with Crippen molar-refractivity contribution >= 4 is 0 Å². The van der Waals surface area contributed by atoms with Gasteiger partial charge in [-0.05, 0) is 38.1 Å². The van der Waals surface area contributed by atoms with E-state index in [1.54, 1.807) is 6.07 Å². The minimum atomic E-state index is 0.0425. The maximum absolute atomic E-state index is 9.52. The second kappa shape index (κ2) is 2.89. The van der Waals surface area contributed by atoms with Crippen molar-refractivity contribution in [3.05, 3.63) is 23.8 Å². The lowest BCUT2D eigenvalue weighted by Gasteiger charge is -2.37. The van der Waals surface area contributed by atoms with Crippen molar-refractivity contribution in [3.8, 4) is 11.5 Å². The lowest BCUT2D eigenvalue weighted by molar-refractivity contribution is 0.170. The molecule has 0 aromatic heterocycles. The number of hydrogen-bond donors (Lipinski definition) is 2. The van der Waals surface area contributed by atoms with Crippen LogP contribution in [0.1, 0.15) is 24.8 Å². The van der Waals surface area contributed by atoms with E-state index in [0.717, 1.165) is 30.9 Å². The Labute approximate surface area is 89.1 Å². The van der Waals surface area contributed by atoms with E-state index in [9.17, 15) is 5.11 Å². The van der Waals surface area contributed by atoms with Gasteiger partial charge in [-0.1, -0.05) is 0 Å². The normalized spacial score (nSPS) is 33.0. The minimum Gasteiger partial charge on any atom is -0.508 e. The van der Waals surface area contributed by atoms with Crippen molar-refractivity contribution in [1.82, 2.24) is 5.32 Å². The standard InChI is InChI=1S/C12H15NO2/c1-12-7-15-11-3-2-8(14)6-9(11)10(12)4-5-13-12/h2-3,6,10,13-14H,4-5,7H2,1H3/t10-,12+/m0/s1. The average molecular weight is 205 g/mol. The predicted octanol–water partition coefficient (Wildman–Crippen LogP) is 1.62. The molecule has 2 heterocycles. The molecule has 2 atom stereocenters. The molecule has 0 unspecified atom stereocenters. The molecule has 0 amide bonds. The van der Waals surface area contributed by atoms with Gasteiger partial charge in [0.1, 0.15) is 18.1 Å². The highest BCUT2D eigenvalue weighted by atomic mass is 16.5. The summed E-state index contributed by atoms with van der Waals surface area (Å²) in [5, 5.41) is 13.0. The monoisotopic (exact) mass is 205 g/mol. The highest BCUT2D eigenvalue weighted by molar-refractivity contribution is 5.45. The molecule has 0 radical (unpaired) electrons. The molecule has 3 nitrogen and oxygen atoms in total. The Hall–Kier alpha value is -1.22. The van der Waals surface area contributed by atoms with Crippen molar-refractivity contribution < 1.29 is 9.84 Å². The molecule has 2 aliphatic heterocycles. The molecule has 3 heteroatoms. The zero-order valence-corrected chi connectivity index (χ0v) is 8.79. The lowest BCUT2D eigenvalue weighted by Crippen LogP contribution is -2.48. The van der Waals surface area contributed by atoms with Crippen molar-refractivity contribution in [2.75, 3.05) is 13.2 Å². The van der Waals surface area contributed by atoms with E-state index >= 15 is 0 Å². The number of fused-ring (bicyclic) bond motifs is 3. The lowest BCUT2D eigenvalue weighted by atomic mass is 9.80. The second-order valence-corrected chi connectivity index (χ2v) is 4.70. The Balaban J connectivity index is 2.11. The molecule has 2 aliphatic rings. The zero-order chi connectivity index (χ0) is 10.5. The number of benzene rings is 1. The van der Waals surface area contributed by atoms with Crippen LogP contribution in [0, 0.1) is 0 Å². The summed E-state index contributed by atoms with van der Waals surface area (Å²) in [4.78, 5) is 0. The topological polar surface area (TPSA) is 41.5 Å². The Bertz CT molecular complexity index is 405. The first kappa shape index (κ1) is 9.04. The summed E-state index contributed by atoms with van der Waals surface area (Å²) in [6, 6.07) is 5.39. The number of nitrogens with one attached hydrogen (secondary N) is 1. The number of phenolic OH excluding ortho intramolecular Hbond substituents is 1. The van der Waals surface area contributed by atoms with E-state index in [4.69, 9.17) is 4.74 Å². The Morgan fingerprint density at radius 3 is 3.27 bits per heavy atom. The second-order valence-electron chi connectivity index (χ2n) is 4.70. The number of hydrogen-bond acceptors (Lipinski definition) is 3. The van der Waals surface area contributed by atoms with Crippen LogP contribution in [0.5, 0.6) is 11.5 Å². The summed E-state index contributed by atoms with van der Waals surface area (Å²) in [5.41, 5.74) is 1.19. The van der Waals surface area contributed by atoms with Gasteiger partial charge in [-0.3, -0.25) is 0 Å². The average Bonchev–Trinajstić information content (AvgIpc) is 2.60. The van der Waals surface area contributed by atoms with E-state index in [0.29, 0.717) is 11.7 Å². The number of aromatic hydroxyl groups is 1. The van der Waals surface area contributed by atoms with Gasteiger partial charge in [0, 0.05) is 11.5 Å². The molecule has 0 saturated carbocycles. The number of ether oxygens (including phenoxy) is 1. The summed E-state index contributed by atoms with van der Waals surface area (Å²) >= 11 is 0. The van der Waals surface area contributed by atoms with Crippen LogP contribution in [0.4, 0.5) is 0 Å². The molecule has 1 fully saturated rings. The molecule has 1 aromatic carbocycles. The third-order valence-corrected chi connectivity index (χ3v) is 3.63. The number of rotatable bonds is 0. The zero-order valence-electron chi connectivity index (χ0n) is 8.79. The number of phenols is 1. The van der Waals surface area contributed by atoms with Crippen LogP contribution < -0.4 is 10.1 Å². The molecule has 0 spiro atoms. The van der Waals surface area contributed by atoms with E-state index in [2.05, 4.69) is 12.2 Å². The summed E-state index contributed by atoms with van der Waals surface area (Å²) in [7, 11) is 0. The van der Waals surface area contributed by atoms with Crippen LogP contribution in [-0.4, -0.2) is 23.8 Å². The van der Waals surface area contributed by atoms with E-state index < -0.39 is 0 Å². The minimum absolute atomic E-state index is 0.0425. The van der Waals surface area contributed by atoms with E-state index in [-0.39, 0.29) is 5.54 Å². The van der Waals surface area contributed by atoms with Gasteiger partial charge in [-0.15, -0.1) is 0 Å². The van der Waals surface area contributed by atoms with Crippen molar-refractivity contribution in [1.29, 1.82) is 0 Å². The van der Waals surface area contributed by atoms with Crippen molar-refractivity contribution in [2.45, 2.75) is 24.8 Å². The van der Waals surface area contributed by atoms with Gasteiger partial charge in [0.05, 0.1) is 5.54 Å². The third kappa shape index (κ3) is 1.23. The molecule has 3 rings (SSSR count). The Kier molecular flexibility index (Phi) is 1.74. The van der Waals surface area contributed by atoms with Crippen LogP contribution in [-0.2, 0) is 0 Å². The largest absolute Gasteiger partial charge is 0.508 e. The van der Waals surface area contributed by atoms with Crippen LogP contribution in [0.3, 0.4) is 0 Å². The molecule has 0 aliphatic carbocycles. The first-order chi connectivity index (χ1) is 7.19. The highest BCUT2D eigenvalue weighted by Crippen LogP contribution is 2.45. The van der Waals surface area contributed by atoms with E-state index in [1.165, 1.54) is 0 Å². The molecule has 0 bridgehead atoms. The van der Waals surface area contributed by atoms with Crippen molar-refractivity contribution in [2.24, 2.45) is 0 Å². The smallest absolute Gasteiger partial charge is 0.123 e. The molecule has 2 N–H and O–H groups in total. The Morgan fingerprint density at radius 2 is 2.40 bits per heavy atom.